The Morgan fingerprint density at radius 2 is 0.833 bits per heavy atom. The molecule has 0 saturated carbocycles. The quantitative estimate of drug-likeness (QED) is 0.182. The van der Waals surface area contributed by atoms with Crippen LogP contribution in [0.3, 0.4) is 0 Å². The number of nitrogens with zero attached hydrogens (tertiary/aromatic N) is 4. The minimum Gasteiger partial charge on any atom is -0.245 e. The van der Waals surface area contributed by atoms with Gasteiger partial charge in [-0.1, -0.05) is 103 Å². The van der Waals surface area contributed by atoms with Crippen molar-refractivity contribution >= 4 is 21.5 Å². The van der Waals surface area contributed by atoms with Crippen molar-refractivity contribution in [1.29, 1.82) is 10.5 Å². The number of rotatable bonds is 5. The predicted molar refractivity (Wildman–Crippen MR) is 194 cm³/mol. The lowest BCUT2D eigenvalue weighted by Gasteiger charge is -2.19. The minimum absolute atomic E-state index is 0.402. The summed E-state index contributed by atoms with van der Waals surface area (Å²) in [6.07, 6.45) is 3.31. The number of benzene rings is 6. The number of hydrogen-bond donors (Lipinski definition) is 0. The molecule has 0 bridgehead atoms. The SMILES string of the molecule is N#Cc1ncccc1-c1cccc(-c2c3ccccc3c(-c3cccc(-c4cccnc4C#N)c3)c3cc(-c4ccccc4)ccc23)c1. The van der Waals surface area contributed by atoms with E-state index in [2.05, 4.69) is 125 Å². The Balaban J connectivity index is 1.44. The van der Waals surface area contributed by atoms with Gasteiger partial charge >= 0.3 is 0 Å². The molecule has 8 aromatic rings. The van der Waals surface area contributed by atoms with Crippen molar-refractivity contribution in [2.24, 2.45) is 0 Å². The second-order valence-electron chi connectivity index (χ2n) is 11.6. The summed E-state index contributed by atoms with van der Waals surface area (Å²) in [6.45, 7) is 0. The Morgan fingerprint density at radius 1 is 0.354 bits per heavy atom. The highest BCUT2D eigenvalue weighted by atomic mass is 14.7. The van der Waals surface area contributed by atoms with Crippen molar-refractivity contribution in [1.82, 2.24) is 9.97 Å². The molecule has 48 heavy (non-hydrogen) atoms. The average molecular weight is 611 g/mol. The van der Waals surface area contributed by atoms with E-state index in [0.717, 1.165) is 77.2 Å². The van der Waals surface area contributed by atoms with Crippen LogP contribution in [0.1, 0.15) is 11.4 Å². The number of hydrogen-bond acceptors (Lipinski definition) is 4. The van der Waals surface area contributed by atoms with Crippen LogP contribution in [0, 0.1) is 22.7 Å². The van der Waals surface area contributed by atoms with E-state index in [1.165, 1.54) is 0 Å². The number of nitriles is 2. The molecule has 6 aromatic carbocycles. The molecule has 0 fully saturated rings. The first-order valence-corrected chi connectivity index (χ1v) is 15.7. The Hall–Kier alpha value is -6.88. The summed E-state index contributed by atoms with van der Waals surface area (Å²) in [5.41, 5.74) is 10.9. The zero-order valence-corrected chi connectivity index (χ0v) is 25.8. The second kappa shape index (κ2) is 12.1. The minimum atomic E-state index is 0.402. The molecule has 0 aliphatic carbocycles. The average Bonchev–Trinajstić information content (AvgIpc) is 3.17. The monoisotopic (exact) mass is 610 g/mol. The zero-order chi connectivity index (χ0) is 32.5. The molecule has 0 saturated heterocycles. The van der Waals surface area contributed by atoms with E-state index in [4.69, 9.17) is 0 Å². The molecular formula is C44H26N4. The molecule has 8 rings (SSSR count). The molecule has 0 spiro atoms. The standard InChI is InChI=1S/C44H26N4/c45-27-41-35(18-8-22-47-41)31-12-6-14-33(24-31)43-37-16-4-5-17-38(37)44(40-26-30(20-21-39(40)43)29-10-2-1-3-11-29)34-15-7-13-32(25-34)36-19-9-23-48-42(36)28-46/h1-26H. The molecule has 2 heterocycles. The number of fused-ring (bicyclic) bond motifs is 2. The first kappa shape index (κ1) is 28.6. The normalized spacial score (nSPS) is 10.9. The van der Waals surface area contributed by atoms with Gasteiger partial charge in [0.25, 0.3) is 0 Å². The molecule has 0 aliphatic heterocycles. The zero-order valence-electron chi connectivity index (χ0n) is 25.8. The highest BCUT2D eigenvalue weighted by Crippen LogP contribution is 2.46. The smallest absolute Gasteiger partial charge is 0.148 e. The van der Waals surface area contributed by atoms with Gasteiger partial charge in [-0.25, -0.2) is 9.97 Å². The predicted octanol–water partition coefficient (Wildman–Crippen LogP) is 10.9. The molecule has 0 radical (unpaired) electrons. The van der Waals surface area contributed by atoms with Gasteiger partial charge < -0.3 is 0 Å². The Kier molecular flexibility index (Phi) is 7.23. The molecule has 2 aromatic heterocycles. The van der Waals surface area contributed by atoms with Crippen molar-refractivity contribution in [2.45, 2.75) is 0 Å². The van der Waals surface area contributed by atoms with E-state index in [0.29, 0.717) is 11.4 Å². The summed E-state index contributed by atoms with van der Waals surface area (Å²) in [7, 11) is 0. The van der Waals surface area contributed by atoms with Crippen LogP contribution in [0.15, 0.2) is 158 Å². The molecule has 0 amide bonds. The molecule has 0 atom stereocenters. The van der Waals surface area contributed by atoms with Gasteiger partial charge in [-0.05, 0) is 109 Å². The Labute approximate surface area is 278 Å². The summed E-state index contributed by atoms with van der Waals surface area (Å²) in [5.74, 6) is 0. The van der Waals surface area contributed by atoms with Crippen molar-refractivity contribution < 1.29 is 0 Å². The van der Waals surface area contributed by atoms with Gasteiger partial charge in [0.05, 0.1) is 0 Å². The summed E-state index contributed by atoms with van der Waals surface area (Å²) >= 11 is 0. The fourth-order valence-corrected chi connectivity index (χ4v) is 6.75. The van der Waals surface area contributed by atoms with Crippen LogP contribution in [0.4, 0.5) is 0 Å². The van der Waals surface area contributed by atoms with Crippen molar-refractivity contribution in [2.75, 3.05) is 0 Å². The molecule has 4 nitrogen and oxygen atoms in total. The van der Waals surface area contributed by atoms with Crippen LogP contribution in [-0.4, -0.2) is 9.97 Å². The summed E-state index contributed by atoms with van der Waals surface area (Å²) in [5, 5.41) is 24.1. The molecule has 0 N–H and O–H groups in total. The van der Waals surface area contributed by atoms with Gasteiger partial charge in [0.15, 0.2) is 0 Å². The van der Waals surface area contributed by atoms with Crippen LogP contribution in [0.25, 0.3) is 77.2 Å². The number of pyridine rings is 2. The maximum absolute atomic E-state index is 9.82. The van der Waals surface area contributed by atoms with Crippen LogP contribution in [0.5, 0.6) is 0 Å². The summed E-state index contributed by atoms with van der Waals surface area (Å²) < 4.78 is 0. The Morgan fingerprint density at radius 3 is 1.40 bits per heavy atom. The van der Waals surface area contributed by atoms with Gasteiger partial charge in [0, 0.05) is 23.5 Å². The van der Waals surface area contributed by atoms with Crippen molar-refractivity contribution in [3.63, 3.8) is 0 Å². The molecule has 4 heteroatoms. The van der Waals surface area contributed by atoms with Crippen molar-refractivity contribution in [3.05, 3.63) is 169 Å². The van der Waals surface area contributed by atoms with Gasteiger partial charge in [-0.15, -0.1) is 0 Å². The molecule has 0 unspecified atom stereocenters. The molecule has 222 valence electrons. The van der Waals surface area contributed by atoms with E-state index >= 15 is 0 Å². The second-order valence-corrected chi connectivity index (χ2v) is 11.6. The highest BCUT2D eigenvalue weighted by Gasteiger charge is 2.19. The third-order valence-corrected chi connectivity index (χ3v) is 8.88. The highest BCUT2D eigenvalue weighted by molar-refractivity contribution is 6.22. The fourth-order valence-electron chi connectivity index (χ4n) is 6.75. The van der Waals surface area contributed by atoms with Crippen LogP contribution in [-0.2, 0) is 0 Å². The lowest BCUT2D eigenvalue weighted by atomic mass is 9.84. The maximum atomic E-state index is 9.82. The first-order valence-electron chi connectivity index (χ1n) is 15.7. The van der Waals surface area contributed by atoms with E-state index in [1.807, 2.05) is 42.5 Å². The van der Waals surface area contributed by atoms with Crippen LogP contribution >= 0.6 is 0 Å². The van der Waals surface area contributed by atoms with Crippen LogP contribution < -0.4 is 0 Å². The van der Waals surface area contributed by atoms with E-state index in [-0.39, 0.29) is 0 Å². The summed E-state index contributed by atoms with van der Waals surface area (Å²) in [6, 6.07) is 54.7. The van der Waals surface area contributed by atoms with Gasteiger partial charge in [0.2, 0.25) is 0 Å². The largest absolute Gasteiger partial charge is 0.245 e. The fraction of sp³-hybridized carbons (Fsp3) is 0. The van der Waals surface area contributed by atoms with Crippen LogP contribution in [0.2, 0.25) is 0 Å². The molecular weight excluding hydrogens is 585 g/mol. The van der Waals surface area contributed by atoms with E-state index in [1.54, 1.807) is 12.4 Å². The maximum Gasteiger partial charge on any atom is 0.148 e. The third-order valence-electron chi connectivity index (χ3n) is 8.88. The van der Waals surface area contributed by atoms with Gasteiger partial charge in [-0.3, -0.25) is 0 Å². The third kappa shape index (κ3) is 4.95. The lowest BCUT2D eigenvalue weighted by Crippen LogP contribution is -1.93. The van der Waals surface area contributed by atoms with E-state index < -0.39 is 0 Å². The Bertz CT molecular complexity index is 2590. The lowest BCUT2D eigenvalue weighted by molar-refractivity contribution is 1.26. The van der Waals surface area contributed by atoms with E-state index in [9.17, 15) is 10.5 Å². The van der Waals surface area contributed by atoms with Crippen molar-refractivity contribution in [3.8, 4) is 67.8 Å². The molecule has 0 aliphatic rings. The first-order chi connectivity index (χ1) is 23.7. The van der Waals surface area contributed by atoms with Gasteiger partial charge in [-0.2, -0.15) is 10.5 Å². The topological polar surface area (TPSA) is 73.4 Å². The summed E-state index contributed by atoms with van der Waals surface area (Å²) in [4.78, 5) is 8.64. The number of aromatic nitrogens is 2. The van der Waals surface area contributed by atoms with Gasteiger partial charge in [0.1, 0.15) is 23.5 Å².